The van der Waals surface area contributed by atoms with Gasteiger partial charge in [0.1, 0.15) is 0 Å². The average Bonchev–Trinajstić information content (AvgIpc) is 2.18. The Labute approximate surface area is 89.2 Å². The molecule has 0 radical (unpaired) electrons. The third-order valence-electron chi connectivity index (χ3n) is 2.73. The van der Waals surface area contributed by atoms with Crippen LogP contribution in [-0.4, -0.2) is 36.6 Å². The molecular weight excluding hydrogens is 196 g/mol. The summed E-state index contributed by atoms with van der Waals surface area (Å²) in [5.41, 5.74) is 0. The van der Waals surface area contributed by atoms with Crippen LogP contribution in [0.2, 0.25) is 0 Å². The highest BCUT2D eigenvalue weighted by molar-refractivity contribution is 5.78. The Kier molecular flexibility index (Phi) is 4.55. The predicted octanol–water partition coefficient (Wildman–Crippen LogP) is -0.0346. The minimum Gasteiger partial charge on any atom is -0.481 e. The molecule has 0 heterocycles. The maximum atomic E-state index is 11.3. The molecule has 15 heavy (non-hydrogen) atoms. The van der Waals surface area contributed by atoms with E-state index in [4.69, 9.17) is 5.11 Å². The third-order valence-corrected chi connectivity index (χ3v) is 2.73. The van der Waals surface area contributed by atoms with Crippen molar-refractivity contribution in [2.45, 2.75) is 31.7 Å². The molecule has 86 valence electrons. The Morgan fingerprint density at radius 2 is 2.13 bits per heavy atom. The number of likely N-dealkylation sites (N-methyl/N-ethyl adjacent to an activating group) is 1. The molecule has 1 amide bonds. The van der Waals surface area contributed by atoms with Gasteiger partial charge in [-0.15, -0.1) is 0 Å². The van der Waals surface area contributed by atoms with Gasteiger partial charge in [0, 0.05) is 6.04 Å². The molecule has 5 nitrogen and oxygen atoms in total. The summed E-state index contributed by atoms with van der Waals surface area (Å²) in [5, 5.41) is 14.5. The Morgan fingerprint density at radius 3 is 2.73 bits per heavy atom. The Morgan fingerprint density at radius 1 is 1.40 bits per heavy atom. The first-order chi connectivity index (χ1) is 7.13. The average molecular weight is 214 g/mol. The van der Waals surface area contributed by atoms with E-state index in [9.17, 15) is 9.59 Å². The quantitative estimate of drug-likeness (QED) is 0.614. The summed E-state index contributed by atoms with van der Waals surface area (Å²) in [6, 6.07) is 0.0284. The number of hydrogen-bond acceptors (Lipinski definition) is 3. The molecule has 1 fully saturated rings. The Hall–Kier alpha value is -1.10. The molecule has 2 unspecified atom stereocenters. The molecule has 3 N–H and O–H groups in total. The number of rotatable bonds is 4. The summed E-state index contributed by atoms with van der Waals surface area (Å²) in [6.45, 7) is 0.286. The van der Waals surface area contributed by atoms with Crippen molar-refractivity contribution in [3.63, 3.8) is 0 Å². The van der Waals surface area contributed by atoms with Crippen LogP contribution in [0.1, 0.15) is 25.7 Å². The van der Waals surface area contributed by atoms with Crippen LogP contribution in [0.3, 0.4) is 0 Å². The fourth-order valence-electron chi connectivity index (χ4n) is 1.98. The van der Waals surface area contributed by atoms with Crippen molar-refractivity contribution in [1.82, 2.24) is 10.6 Å². The first kappa shape index (κ1) is 12.0. The van der Waals surface area contributed by atoms with E-state index in [0.717, 1.165) is 19.3 Å². The molecule has 0 aromatic rings. The maximum absolute atomic E-state index is 11.3. The van der Waals surface area contributed by atoms with E-state index in [1.807, 2.05) is 0 Å². The van der Waals surface area contributed by atoms with Crippen molar-refractivity contribution in [2.75, 3.05) is 13.6 Å². The zero-order chi connectivity index (χ0) is 11.3. The van der Waals surface area contributed by atoms with Gasteiger partial charge in [0.2, 0.25) is 5.91 Å². The largest absolute Gasteiger partial charge is 0.481 e. The van der Waals surface area contributed by atoms with E-state index in [1.54, 1.807) is 7.05 Å². The fourth-order valence-corrected chi connectivity index (χ4v) is 1.98. The van der Waals surface area contributed by atoms with Crippen molar-refractivity contribution >= 4 is 11.9 Å². The number of carboxylic acid groups (broad SMARTS) is 1. The number of amides is 1. The van der Waals surface area contributed by atoms with Crippen LogP contribution in [0, 0.1) is 5.92 Å². The molecular formula is C10H18N2O3. The molecule has 0 aliphatic heterocycles. The summed E-state index contributed by atoms with van der Waals surface area (Å²) >= 11 is 0. The van der Waals surface area contributed by atoms with Crippen LogP contribution in [0.4, 0.5) is 0 Å². The van der Waals surface area contributed by atoms with E-state index in [1.165, 1.54) is 0 Å². The van der Waals surface area contributed by atoms with Crippen LogP contribution in [0.5, 0.6) is 0 Å². The molecule has 0 bridgehead atoms. The van der Waals surface area contributed by atoms with Crippen LogP contribution in [-0.2, 0) is 9.59 Å². The second-order valence-corrected chi connectivity index (χ2v) is 4.00. The van der Waals surface area contributed by atoms with Gasteiger partial charge in [-0.2, -0.15) is 0 Å². The lowest BCUT2D eigenvalue weighted by Crippen LogP contribution is -2.43. The number of carboxylic acids is 1. The normalized spacial score (nSPS) is 25.9. The Balaban J connectivity index is 2.36. The summed E-state index contributed by atoms with van der Waals surface area (Å²) < 4.78 is 0. The van der Waals surface area contributed by atoms with E-state index in [2.05, 4.69) is 10.6 Å². The molecule has 1 rings (SSSR count). The van der Waals surface area contributed by atoms with Crippen molar-refractivity contribution in [2.24, 2.45) is 5.92 Å². The van der Waals surface area contributed by atoms with Crippen molar-refractivity contribution in [3.05, 3.63) is 0 Å². The molecule has 1 aliphatic rings. The zero-order valence-corrected chi connectivity index (χ0v) is 8.95. The zero-order valence-electron chi connectivity index (χ0n) is 8.95. The molecule has 5 heteroatoms. The van der Waals surface area contributed by atoms with Gasteiger partial charge in [-0.3, -0.25) is 9.59 Å². The van der Waals surface area contributed by atoms with Crippen LogP contribution in [0.15, 0.2) is 0 Å². The topological polar surface area (TPSA) is 78.4 Å². The number of carbonyl (C=O) groups excluding carboxylic acids is 1. The maximum Gasteiger partial charge on any atom is 0.306 e. The predicted molar refractivity (Wildman–Crippen MR) is 55.5 cm³/mol. The highest BCUT2D eigenvalue weighted by atomic mass is 16.4. The third kappa shape index (κ3) is 3.87. The fraction of sp³-hybridized carbons (Fsp3) is 0.800. The lowest BCUT2D eigenvalue weighted by Gasteiger charge is -2.27. The monoisotopic (exact) mass is 214 g/mol. The number of carbonyl (C=O) groups is 2. The summed E-state index contributed by atoms with van der Waals surface area (Å²) in [5.74, 6) is -1.10. The number of aliphatic carboxylic acids is 1. The van der Waals surface area contributed by atoms with Crippen molar-refractivity contribution < 1.29 is 14.7 Å². The van der Waals surface area contributed by atoms with Gasteiger partial charge >= 0.3 is 5.97 Å². The lowest BCUT2D eigenvalue weighted by molar-refractivity contribution is -0.143. The van der Waals surface area contributed by atoms with E-state index < -0.39 is 5.97 Å². The number of hydrogen-bond donors (Lipinski definition) is 3. The second-order valence-electron chi connectivity index (χ2n) is 4.00. The van der Waals surface area contributed by atoms with Crippen LogP contribution < -0.4 is 10.6 Å². The van der Waals surface area contributed by atoms with Gasteiger partial charge in [0.25, 0.3) is 0 Å². The SMILES string of the molecule is CNCC(=O)NC1CCCC(C(=O)O)C1. The molecule has 0 aromatic carbocycles. The first-order valence-corrected chi connectivity index (χ1v) is 5.30. The Bertz CT molecular complexity index is 243. The van der Waals surface area contributed by atoms with Crippen molar-refractivity contribution in [1.29, 1.82) is 0 Å². The minimum absolute atomic E-state index is 0.0284. The highest BCUT2D eigenvalue weighted by Crippen LogP contribution is 2.24. The molecule has 0 aromatic heterocycles. The summed E-state index contributed by atoms with van der Waals surface area (Å²) in [4.78, 5) is 22.1. The van der Waals surface area contributed by atoms with Crippen molar-refractivity contribution in [3.8, 4) is 0 Å². The lowest BCUT2D eigenvalue weighted by atomic mass is 9.86. The summed E-state index contributed by atoms with van der Waals surface area (Å²) in [6.07, 6.45) is 3.05. The van der Waals surface area contributed by atoms with Crippen LogP contribution in [0.25, 0.3) is 0 Å². The van der Waals surface area contributed by atoms with Crippen LogP contribution >= 0.6 is 0 Å². The van der Waals surface area contributed by atoms with E-state index in [0.29, 0.717) is 6.42 Å². The highest BCUT2D eigenvalue weighted by Gasteiger charge is 2.27. The molecule has 1 aliphatic carbocycles. The molecule has 2 atom stereocenters. The number of nitrogens with one attached hydrogen (secondary N) is 2. The molecule has 0 spiro atoms. The van der Waals surface area contributed by atoms with E-state index in [-0.39, 0.29) is 24.4 Å². The van der Waals surface area contributed by atoms with Gasteiger partial charge in [0.15, 0.2) is 0 Å². The van der Waals surface area contributed by atoms with Gasteiger partial charge in [0.05, 0.1) is 12.5 Å². The molecule has 0 saturated heterocycles. The second kappa shape index (κ2) is 5.70. The van der Waals surface area contributed by atoms with Gasteiger partial charge < -0.3 is 15.7 Å². The standard InChI is InChI=1S/C10H18N2O3/c1-11-6-9(13)12-8-4-2-3-7(5-8)10(14)15/h7-8,11H,2-6H2,1H3,(H,12,13)(H,14,15). The summed E-state index contributed by atoms with van der Waals surface area (Å²) in [7, 11) is 1.71. The van der Waals surface area contributed by atoms with Gasteiger partial charge in [-0.05, 0) is 26.3 Å². The molecule has 1 saturated carbocycles. The van der Waals surface area contributed by atoms with E-state index >= 15 is 0 Å². The van der Waals surface area contributed by atoms with Gasteiger partial charge in [-0.1, -0.05) is 6.42 Å². The smallest absolute Gasteiger partial charge is 0.306 e. The van der Waals surface area contributed by atoms with Gasteiger partial charge in [-0.25, -0.2) is 0 Å². The first-order valence-electron chi connectivity index (χ1n) is 5.30. The minimum atomic E-state index is -0.748.